The Hall–Kier alpha value is -4.67. The van der Waals surface area contributed by atoms with Crippen molar-refractivity contribution in [1.82, 2.24) is 24.6 Å². The van der Waals surface area contributed by atoms with E-state index in [0.29, 0.717) is 29.2 Å². The number of carbonyl (C=O) groups is 1. The first-order valence-electron chi connectivity index (χ1n) is 13.7. The fraction of sp³-hybridized carbons (Fsp3) is 0.258. The zero-order valence-corrected chi connectivity index (χ0v) is 23.0. The van der Waals surface area contributed by atoms with E-state index in [0.717, 1.165) is 36.1 Å². The number of hydrogen-bond donors (Lipinski definition) is 3. The molecule has 0 unspecified atom stereocenters. The second-order valence-corrected chi connectivity index (χ2v) is 10.6. The number of aromatic nitrogens is 4. The molecule has 3 aromatic heterocycles. The number of morpholine rings is 1. The van der Waals surface area contributed by atoms with Gasteiger partial charge in [-0.2, -0.15) is 5.10 Å². The first-order valence-corrected chi connectivity index (χ1v) is 13.7. The van der Waals surface area contributed by atoms with Gasteiger partial charge >= 0.3 is 6.09 Å². The molecule has 1 saturated heterocycles. The molecule has 1 amide bonds. The van der Waals surface area contributed by atoms with Crippen molar-refractivity contribution in [3.63, 3.8) is 0 Å². The van der Waals surface area contributed by atoms with E-state index in [2.05, 4.69) is 51.3 Å². The highest BCUT2D eigenvalue weighted by Crippen LogP contribution is 2.25. The molecule has 0 radical (unpaired) electrons. The van der Waals surface area contributed by atoms with E-state index in [4.69, 9.17) is 9.47 Å². The largest absolute Gasteiger partial charge is 0.417 e. The molecule has 2 atom stereocenters. The Morgan fingerprint density at radius 1 is 1.05 bits per heavy atom. The van der Waals surface area contributed by atoms with Crippen molar-refractivity contribution in [2.45, 2.75) is 39.1 Å². The van der Waals surface area contributed by atoms with Crippen molar-refractivity contribution in [1.29, 1.82) is 0 Å². The van der Waals surface area contributed by atoms with Crippen LogP contribution >= 0.6 is 0 Å². The molecule has 0 bridgehead atoms. The third-order valence-electron chi connectivity index (χ3n) is 7.03. The molecule has 6 rings (SSSR count). The maximum atomic E-state index is 12.7. The Labute approximate surface area is 236 Å². The summed E-state index contributed by atoms with van der Waals surface area (Å²) >= 11 is 0. The lowest BCUT2D eigenvalue weighted by Crippen LogP contribution is -2.44. The van der Waals surface area contributed by atoms with Crippen molar-refractivity contribution in [3.8, 4) is 17.0 Å². The fourth-order valence-corrected chi connectivity index (χ4v) is 5.36. The molecule has 5 aromatic rings. The number of ether oxygens (including phenoxy) is 2. The van der Waals surface area contributed by atoms with E-state index in [-0.39, 0.29) is 17.8 Å². The van der Waals surface area contributed by atoms with Crippen LogP contribution in [0.25, 0.3) is 22.2 Å². The summed E-state index contributed by atoms with van der Waals surface area (Å²) in [7, 11) is 0. The molecule has 3 N–H and O–H groups in total. The minimum absolute atomic E-state index is 0.212. The highest BCUT2D eigenvalue weighted by Gasteiger charge is 2.22. The molecule has 10 heteroatoms. The minimum Gasteiger partial charge on any atom is -0.407 e. The zero-order chi connectivity index (χ0) is 28.3. The SMILES string of the molecule is C[C@@H]1CN(Cc2ccc3[nH]c(-c4cc(NC(=O)Oc5cnn(Cc6ccccc6)c5)c[nH]c4=O)cc3c2)C[C@H](C)O1. The van der Waals surface area contributed by atoms with E-state index < -0.39 is 6.09 Å². The quantitative estimate of drug-likeness (QED) is 0.262. The second-order valence-electron chi connectivity index (χ2n) is 10.6. The lowest BCUT2D eigenvalue weighted by atomic mass is 10.1. The van der Waals surface area contributed by atoms with Gasteiger partial charge in [0.25, 0.3) is 5.56 Å². The Bertz CT molecular complexity index is 1710. The van der Waals surface area contributed by atoms with E-state index >= 15 is 0 Å². The predicted molar refractivity (Wildman–Crippen MR) is 157 cm³/mol. The Balaban J connectivity index is 1.13. The van der Waals surface area contributed by atoms with Crippen LogP contribution in [0, 0.1) is 0 Å². The topological polar surface area (TPSA) is 117 Å². The predicted octanol–water partition coefficient (Wildman–Crippen LogP) is 4.99. The summed E-state index contributed by atoms with van der Waals surface area (Å²) in [4.78, 5) is 33.7. The summed E-state index contributed by atoms with van der Waals surface area (Å²) in [6, 6.07) is 19.7. The number of fused-ring (bicyclic) bond motifs is 1. The van der Waals surface area contributed by atoms with Gasteiger partial charge in [-0.25, -0.2) is 4.79 Å². The van der Waals surface area contributed by atoms with Gasteiger partial charge in [0.15, 0.2) is 5.75 Å². The molecule has 0 spiro atoms. The lowest BCUT2D eigenvalue weighted by Gasteiger charge is -2.35. The average Bonchev–Trinajstić information content (AvgIpc) is 3.56. The molecule has 0 saturated carbocycles. The van der Waals surface area contributed by atoms with Gasteiger partial charge in [-0.15, -0.1) is 0 Å². The number of hydrogen-bond acceptors (Lipinski definition) is 6. The summed E-state index contributed by atoms with van der Waals surface area (Å²) < 4.78 is 13.0. The van der Waals surface area contributed by atoms with Gasteiger partial charge < -0.3 is 19.4 Å². The highest BCUT2D eigenvalue weighted by atomic mass is 16.6. The molecule has 4 heterocycles. The van der Waals surface area contributed by atoms with Gasteiger partial charge in [-0.3, -0.25) is 19.7 Å². The number of benzene rings is 2. The Kier molecular flexibility index (Phi) is 7.41. The molecule has 1 fully saturated rings. The minimum atomic E-state index is -0.685. The molecular formula is C31H32N6O4. The molecular weight excluding hydrogens is 520 g/mol. The molecule has 1 aliphatic rings. The molecule has 210 valence electrons. The van der Waals surface area contributed by atoms with Crippen molar-refractivity contribution in [3.05, 3.63) is 101 Å². The molecule has 1 aliphatic heterocycles. The molecule has 0 aliphatic carbocycles. The Morgan fingerprint density at radius 3 is 2.66 bits per heavy atom. The molecule has 2 aromatic carbocycles. The third-order valence-corrected chi connectivity index (χ3v) is 7.03. The van der Waals surface area contributed by atoms with Crippen LogP contribution in [-0.4, -0.2) is 56.0 Å². The van der Waals surface area contributed by atoms with E-state index in [1.165, 1.54) is 18.0 Å². The van der Waals surface area contributed by atoms with Gasteiger partial charge in [0.1, 0.15) is 0 Å². The van der Waals surface area contributed by atoms with Crippen molar-refractivity contribution in [2.24, 2.45) is 0 Å². The van der Waals surface area contributed by atoms with Crippen LogP contribution in [0.1, 0.15) is 25.0 Å². The number of amides is 1. The third kappa shape index (κ3) is 6.40. The number of nitrogens with zero attached hydrogens (tertiary/aromatic N) is 3. The second kappa shape index (κ2) is 11.4. The summed E-state index contributed by atoms with van der Waals surface area (Å²) in [6.45, 7) is 7.40. The Morgan fingerprint density at radius 2 is 1.85 bits per heavy atom. The summed E-state index contributed by atoms with van der Waals surface area (Å²) in [5.74, 6) is 0.315. The first-order chi connectivity index (χ1) is 19.9. The van der Waals surface area contributed by atoms with Crippen LogP contribution < -0.4 is 15.6 Å². The number of anilines is 1. The van der Waals surface area contributed by atoms with Crippen molar-refractivity contribution in [2.75, 3.05) is 18.4 Å². The number of rotatable bonds is 7. The standard InChI is InChI=1S/C31H32N6O4/c1-20-15-36(16-21(2)40-20)17-23-8-9-28-24(10-23)11-29(35-28)27-12-25(13-32-30(27)38)34-31(39)41-26-14-33-37(19-26)18-22-6-4-3-5-7-22/h3-14,19-21,35H,15-18H2,1-2H3,(H,32,38)(H,34,39)/t20-,21+. The van der Waals surface area contributed by atoms with Gasteiger partial charge in [0, 0.05) is 36.7 Å². The summed E-state index contributed by atoms with van der Waals surface area (Å²) in [5.41, 5.74) is 4.41. The lowest BCUT2D eigenvalue weighted by molar-refractivity contribution is -0.0704. The van der Waals surface area contributed by atoms with Gasteiger partial charge in [0.05, 0.1) is 48.1 Å². The normalized spacial score (nSPS) is 17.5. The van der Waals surface area contributed by atoms with Gasteiger partial charge in [-0.1, -0.05) is 36.4 Å². The maximum absolute atomic E-state index is 12.7. The van der Waals surface area contributed by atoms with E-state index in [1.54, 1.807) is 16.9 Å². The monoisotopic (exact) mass is 552 g/mol. The summed E-state index contributed by atoms with van der Waals surface area (Å²) in [5, 5.41) is 7.95. The van der Waals surface area contributed by atoms with Crippen LogP contribution in [0.5, 0.6) is 5.75 Å². The average molecular weight is 553 g/mol. The highest BCUT2D eigenvalue weighted by molar-refractivity contribution is 5.89. The maximum Gasteiger partial charge on any atom is 0.417 e. The van der Waals surface area contributed by atoms with Crippen LogP contribution in [-0.2, 0) is 17.8 Å². The van der Waals surface area contributed by atoms with E-state index in [9.17, 15) is 9.59 Å². The number of H-pyrrole nitrogens is 2. The molecule has 10 nitrogen and oxygen atoms in total. The number of nitrogens with one attached hydrogen (secondary N) is 3. The van der Waals surface area contributed by atoms with E-state index in [1.807, 2.05) is 42.5 Å². The molecule has 41 heavy (non-hydrogen) atoms. The van der Waals surface area contributed by atoms with Crippen molar-refractivity contribution >= 4 is 22.7 Å². The number of aromatic amines is 2. The van der Waals surface area contributed by atoms with Crippen LogP contribution in [0.3, 0.4) is 0 Å². The summed E-state index contributed by atoms with van der Waals surface area (Å²) in [6.07, 6.45) is 4.32. The van der Waals surface area contributed by atoms with Crippen LogP contribution in [0.4, 0.5) is 10.5 Å². The van der Waals surface area contributed by atoms with Gasteiger partial charge in [-0.05, 0) is 49.2 Å². The first kappa shape index (κ1) is 26.5. The number of carbonyl (C=O) groups excluding carboxylic acids is 1. The number of pyridine rings is 1. The van der Waals surface area contributed by atoms with Crippen molar-refractivity contribution < 1.29 is 14.3 Å². The van der Waals surface area contributed by atoms with Crippen LogP contribution in [0.2, 0.25) is 0 Å². The zero-order valence-electron chi connectivity index (χ0n) is 23.0. The van der Waals surface area contributed by atoms with Crippen LogP contribution in [0.15, 0.2) is 84.0 Å². The van der Waals surface area contributed by atoms with Gasteiger partial charge in [0.2, 0.25) is 0 Å². The smallest absolute Gasteiger partial charge is 0.407 e. The fourth-order valence-electron chi connectivity index (χ4n) is 5.36.